The van der Waals surface area contributed by atoms with Crippen LogP contribution in [-0.2, 0) is 0 Å². The number of hydrogen-bond donors (Lipinski definition) is 1. The van der Waals surface area contributed by atoms with Crippen LogP contribution >= 0.6 is 15.9 Å². The van der Waals surface area contributed by atoms with Gasteiger partial charge >= 0.3 is 0 Å². The minimum absolute atomic E-state index is 0.792. The van der Waals surface area contributed by atoms with E-state index in [-0.39, 0.29) is 0 Å². The van der Waals surface area contributed by atoms with E-state index in [2.05, 4.69) is 47.2 Å². The Morgan fingerprint density at radius 1 is 1.29 bits per heavy atom. The number of benzene rings is 1. The van der Waals surface area contributed by atoms with Crippen molar-refractivity contribution in [2.24, 2.45) is 0 Å². The largest absolute Gasteiger partial charge is 0.494 e. The second-order valence-electron chi connectivity index (χ2n) is 4.80. The van der Waals surface area contributed by atoms with Gasteiger partial charge < -0.3 is 10.1 Å². The zero-order chi connectivity index (χ0) is 12.3. The predicted molar refractivity (Wildman–Crippen MR) is 74.8 cm³/mol. The van der Waals surface area contributed by atoms with Gasteiger partial charge in [0.2, 0.25) is 0 Å². The summed E-state index contributed by atoms with van der Waals surface area (Å²) in [6.45, 7) is 6.05. The Balaban J connectivity index is 1.73. The van der Waals surface area contributed by atoms with Gasteiger partial charge in [0, 0.05) is 10.5 Å². The fourth-order valence-corrected chi connectivity index (χ4v) is 2.07. The van der Waals surface area contributed by atoms with Gasteiger partial charge in [-0.3, -0.25) is 0 Å². The molecule has 0 aliphatic heterocycles. The summed E-state index contributed by atoms with van der Waals surface area (Å²) in [5.74, 6) is 0.981. The van der Waals surface area contributed by atoms with Crippen LogP contribution in [0.3, 0.4) is 0 Å². The van der Waals surface area contributed by atoms with E-state index in [1.807, 2.05) is 0 Å². The summed E-state index contributed by atoms with van der Waals surface area (Å²) < 4.78 is 6.94. The van der Waals surface area contributed by atoms with E-state index in [0.29, 0.717) is 0 Å². The van der Waals surface area contributed by atoms with Crippen LogP contribution in [0.15, 0.2) is 16.6 Å². The van der Waals surface area contributed by atoms with Gasteiger partial charge in [0.25, 0.3) is 0 Å². The highest BCUT2D eigenvalue weighted by Crippen LogP contribution is 2.26. The molecule has 0 spiro atoms. The van der Waals surface area contributed by atoms with Gasteiger partial charge in [-0.2, -0.15) is 0 Å². The molecule has 2 rings (SSSR count). The van der Waals surface area contributed by atoms with Crippen LogP contribution in [0, 0.1) is 13.8 Å². The second kappa shape index (κ2) is 5.87. The summed E-state index contributed by atoms with van der Waals surface area (Å²) in [6.07, 6.45) is 3.78. The van der Waals surface area contributed by atoms with Crippen molar-refractivity contribution in [3.8, 4) is 5.75 Å². The van der Waals surface area contributed by atoms with Gasteiger partial charge in [-0.1, -0.05) is 15.9 Å². The highest BCUT2D eigenvalue weighted by molar-refractivity contribution is 9.10. The minimum atomic E-state index is 0.792. The molecule has 0 saturated heterocycles. The molecule has 0 aromatic heterocycles. The van der Waals surface area contributed by atoms with Crippen LogP contribution in [0.4, 0.5) is 0 Å². The number of ether oxygens (including phenoxy) is 1. The van der Waals surface area contributed by atoms with Gasteiger partial charge in [-0.15, -0.1) is 0 Å². The van der Waals surface area contributed by atoms with E-state index < -0.39 is 0 Å². The van der Waals surface area contributed by atoms with Crippen LogP contribution in [0.2, 0.25) is 0 Å². The topological polar surface area (TPSA) is 21.3 Å². The average molecular weight is 298 g/mol. The molecule has 1 aromatic rings. The third-order valence-corrected chi connectivity index (χ3v) is 4.26. The summed E-state index contributed by atoms with van der Waals surface area (Å²) in [7, 11) is 0. The average Bonchev–Trinajstić information content (AvgIpc) is 3.09. The third-order valence-electron chi connectivity index (χ3n) is 3.01. The molecule has 17 heavy (non-hydrogen) atoms. The first kappa shape index (κ1) is 12.9. The van der Waals surface area contributed by atoms with Crippen LogP contribution in [0.5, 0.6) is 5.75 Å². The first-order chi connectivity index (χ1) is 8.16. The molecule has 1 aliphatic carbocycles. The Morgan fingerprint density at radius 2 is 1.94 bits per heavy atom. The van der Waals surface area contributed by atoms with Gasteiger partial charge in [-0.25, -0.2) is 0 Å². The van der Waals surface area contributed by atoms with Crippen LogP contribution < -0.4 is 10.1 Å². The molecule has 0 unspecified atom stereocenters. The van der Waals surface area contributed by atoms with E-state index in [4.69, 9.17) is 4.74 Å². The Morgan fingerprint density at radius 3 is 2.53 bits per heavy atom. The summed E-state index contributed by atoms with van der Waals surface area (Å²) >= 11 is 3.56. The zero-order valence-electron chi connectivity index (χ0n) is 10.6. The number of aryl methyl sites for hydroxylation is 2. The van der Waals surface area contributed by atoms with Crippen molar-refractivity contribution in [2.75, 3.05) is 13.2 Å². The standard InChI is InChI=1S/C14H20BrNO/c1-10-8-13(9-11(2)14(10)15)17-7-3-6-16-12-4-5-12/h8-9,12,16H,3-7H2,1-2H3. The highest BCUT2D eigenvalue weighted by atomic mass is 79.9. The van der Waals surface area contributed by atoms with Gasteiger partial charge in [0.1, 0.15) is 5.75 Å². The predicted octanol–water partition coefficient (Wildman–Crippen LogP) is 3.59. The normalized spacial score (nSPS) is 15.0. The third kappa shape index (κ3) is 4.00. The maximum absolute atomic E-state index is 5.76. The molecular formula is C14H20BrNO. The van der Waals surface area contributed by atoms with E-state index in [0.717, 1.165) is 31.4 Å². The Labute approximate surface area is 112 Å². The SMILES string of the molecule is Cc1cc(OCCCNC2CC2)cc(C)c1Br. The van der Waals surface area contributed by atoms with Crippen molar-refractivity contribution in [3.05, 3.63) is 27.7 Å². The van der Waals surface area contributed by atoms with Crippen LogP contribution in [-0.4, -0.2) is 19.2 Å². The summed E-state index contributed by atoms with van der Waals surface area (Å²) in [4.78, 5) is 0. The van der Waals surface area contributed by atoms with Crippen molar-refractivity contribution in [3.63, 3.8) is 0 Å². The van der Waals surface area contributed by atoms with Gasteiger partial charge in [0.15, 0.2) is 0 Å². The molecule has 2 nitrogen and oxygen atoms in total. The van der Waals surface area contributed by atoms with Crippen molar-refractivity contribution in [1.29, 1.82) is 0 Å². The number of rotatable bonds is 6. The number of nitrogens with one attached hydrogen (secondary N) is 1. The molecule has 0 atom stereocenters. The van der Waals surface area contributed by atoms with Crippen molar-refractivity contribution < 1.29 is 4.74 Å². The summed E-state index contributed by atoms with van der Waals surface area (Å²) in [5, 5.41) is 3.49. The molecule has 1 N–H and O–H groups in total. The molecule has 0 radical (unpaired) electrons. The second-order valence-corrected chi connectivity index (χ2v) is 5.59. The van der Waals surface area contributed by atoms with Crippen LogP contribution in [0.1, 0.15) is 30.4 Å². The summed E-state index contributed by atoms with van der Waals surface area (Å²) in [6, 6.07) is 4.98. The Bertz CT molecular complexity index is 365. The molecular weight excluding hydrogens is 278 g/mol. The molecule has 0 amide bonds. The monoisotopic (exact) mass is 297 g/mol. The van der Waals surface area contributed by atoms with E-state index in [1.54, 1.807) is 0 Å². The highest BCUT2D eigenvalue weighted by Gasteiger charge is 2.19. The first-order valence-corrected chi connectivity index (χ1v) is 7.09. The molecule has 94 valence electrons. The molecule has 1 aromatic carbocycles. The first-order valence-electron chi connectivity index (χ1n) is 6.30. The number of halogens is 1. The fourth-order valence-electron chi connectivity index (χ4n) is 1.85. The number of hydrogen-bond acceptors (Lipinski definition) is 2. The van der Waals surface area contributed by atoms with Crippen LogP contribution in [0.25, 0.3) is 0 Å². The lowest BCUT2D eigenvalue weighted by molar-refractivity contribution is 0.307. The Hall–Kier alpha value is -0.540. The molecule has 3 heteroatoms. The summed E-state index contributed by atoms with van der Waals surface area (Å²) in [5.41, 5.74) is 2.47. The van der Waals surface area contributed by atoms with E-state index in [9.17, 15) is 0 Å². The quantitative estimate of drug-likeness (QED) is 0.810. The lowest BCUT2D eigenvalue weighted by Gasteiger charge is -2.10. The fraction of sp³-hybridized carbons (Fsp3) is 0.571. The zero-order valence-corrected chi connectivity index (χ0v) is 12.1. The Kier molecular flexibility index (Phi) is 4.46. The van der Waals surface area contributed by atoms with Crippen molar-refractivity contribution in [1.82, 2.24) is 5.32 Å². The molecule has 0 heterocycles. The van der Waals surface area contributed by atoms with E-state index >= 15 is 0 Å². The van der Waals surface area contributed by atoms with E-state index in [1.165, 1.54) is 28.4 Å². The van der Waals surface area contributed by atoms with Gasteiger partial charge in [-0.05, 0) is 62.9 Å². The maximum atomic E-state index is 5.76. The smallest absolute Gasteiger partial charge is 0.119 e. The molecule has 1 aliphatic rings. The van der Waals surface area contributed by atoms with Gasteiger partial charge in [0.05, 0.1) is 6.61 Å². The molecule has 1 fully saturated rings. The van der Waals surface area contributed by atoms with Crippen molar-refractivity contribution in [2.45, 2.75) is 39.2 Å². The molecule has 1 saturated carbocycles. The molecule has 0 bridgehead atoms. The lowest BCUT2D eigenvalue weighted by Crippen LogP contribution is -2.19. The van der Waals surface area contributed by atoms with Crippen molar-refractivity contribution >= 4 is 15.9 Å². The maximum Gasteiger partial charge on any atom is 0.119 e. The minimum Gasteiger partial charge on any atom is -0.494 e. The lowest BCUT2D eigenvalue weighted by atomic mass is 10.1.